The summed E-state index contributed by atoms with van der Waals surface area (Å²) in [6.45, 7) is 7.54. The number of nitrogens with zero attached hydrogens (tertiary/aromatic N) is 1. The van der Waals surface area contributed by atoms with Crippen LogP contribution in [0.25, 0.3) is 11.0 Å². The van der Waals surface area contributed by atoms with Gasteiger partial charge in [-0.1, -0.05) is 23.9 Å². The summed E-state index contributed by atoms with van der Waals surface area (Å²) in [6, 6.07) is 10.3. The van der Waals surface area contributed by atoms with Gasteiger partial charge in [-0.3, -0.25) is 9.36 Å². The molecule has 12 heteroatoms. The van der Waals surface area contributed by atoms with E-state index in [0.717, 1.165) is 16.3 Å². The molecule has 2 heterocycles. The minimum atomic E-state index is -0.964. The number of aromatic nitrogens is 1. The van der Waals surface area contributed by atoms with Gasteiger partial charge >= 0.3 is 11.9 Å². The molecule has 0 fully saturated rings. The van der Waals surface area contributed by atoms with Gasteiger partial charge < -0.3 is 34.2 Å². The number of hydrogen-bond donors (Lipinski definition) is 1. The molecule has 0 bridgehead atoms. The number of fused-ring (bicyclic) bond motifs is 1. The van der Waals surface area contributed by atoms with Crippen LogP contribution < -0.4 is 35.2 Å². The molecule has 0 spiro atoms. The maximum Gasteiger partial charge on any atom is 0.357 e. The zero-order valence-electron chi connectivity index (χ0n) is 25.9. The molecule has 0 radical (unpaired) electrons. The van der Waals surface area contributed by atoms with Crippen molar-refractivity contribution in [3.63, 3.8) is 0 Å². The summed E-state index contributed by atoms with van der Waals surface area (Å²) in [5.41, 5.74) is 7.46. The molecule has 1 aliphatic rings. The van der Waals surface area contributed by atoms with Crippen molar-refractivity contribution in [1.82, 2.24) is 4.57 Å². The minimum Gasteiger partial charge on any atom is -0.493 e. The van der Waals surface area contributed by atoms with E-state index in [0.29, 0.717) is 34.1 Å². The molecular weight excluding hydrogens is 588 g/mol. The Labute approximate surface area is 259 Å². The number of benzene rings is 2. The van der Waals surface area contributed by atoms with Crippen molar-refractivity contribution < 1.29 is 42.8 Å². The predicted molar refractivity (Wildman–Crippen MR) is 167 cm³/mol. The first kappa shape index (κ1) is 32.3. The Morgan fingerprint density at radius 1 is 0.841 bits per heavy atom. The lowest BCUT2D eigenvalue weighted by Crippen LogP contribution is -2.42. The van der Waals surface area contributed by atoms with Gasteiger partial charge in [-0.05, 0) is 69.2 Å². The van der Waals surface area contributed by atoms with Crippen molar-refractivity contribution in [3.05, 3.63) is 63.8 Å². The van der Waals surface area contributed by atoms with E-state index in [1.54, 1.807) is 42.5 Å². The second kappa shape index (κ2) is 13.4. The molecular formula is C32H36N2O9S. The summed E-state index contributed by atoms with van der Waals surface area (Å²) in [7, 11) is 5.46. The molecule has 1 aromatic heterocycles. The largest absolute Gasteiger partial charge is 0.493 e. The Balaban J connectivity index is 2.02. The number of hydrogen-bond acceptors (Lipinski definition) is 11. The van der Waals surface area contributed by atoms with Gasteiger partial charge in [-0.25, -0.2) is 9.59 Å². The van der Waals surface area contributed by atoms with E-state index in [1.165, 1.54) is 28.4 Å². The molecule has 11 nitrogen and oxygen atoms in total. The molecule has 3 aromatic rings. The summed E-state index contributed by atoms with van der Waals surface area (Å²) in [6.07, 6.45) is 1.42. The first-order valence-corrected chi connectivity index (χ1v) is 14.7. The summed E-state index contributed by atoms with van der Waals surface area (Å²) in [5.74, 6) is -0.155. The zero-order chi connectivity index (χ0) is 32.3. The van der Waals surface area contributed by atoms with Gasteiger partial charge in [0.1, 0.15) is 10.2 Å². The second-order valence-electron chi connectivity index (χ2n) is 10.3. The number of methoxy groups -OCH3 is 4. The van der Waals surface area contributed by atoms with Crippen LogP contribution in [0.3, 0.4) is 0 Å². The van der Waals surface area contributed by atoms with Crippen LogP contribution in [0, 0.1) is 0 Å². The summed E-state index contributed by atoms with van der Waals surface area (Å²) >= 11 is 0.994. The van der Waals surface area contributed by atoms with Gasteiger partial charge in [0.2, 0.25) is 5.91 Å². The predicted octanol–water partition coefficient (Wildman–Crippen LogP) is 3.69. The molecule has 2 N–H and O–H groups in total. The van der Waals surface area contributed by atoms with Crippen molar-refractivity contribution in [2.75, 3.05) is 34.2 Å². The Morgan fingerprint density at radius 2 is 1.45 bits per heavy atom. The van der Waals surface area contributed by atoms with Crippen molar-refractivity contribution >= 4 is 46.3 Å². The van der Waals surface area contributed by atoms with Crippen LogP contribution in [-0.4, -0.2) is 63.1 Å². The Hall–Kier alpha value is -4.58. The third-order valence-electron chi connectivity index (χ3n) is 6.61. The quantitative estimate of drug-likeness (QED) is 0.331. The molecule has 0 saturated heterocycles. The molecule has 234 valence electrons. The minimum absolute atomic E-state index is 0.0386. The van der Waals surface area contributed by atoms with Crippen molar-refractivity contribution in [2.45, 2.75) is 45.2 Å². The number of nitrogen functional groups attached to an aromatic ring is 1. The Morgan fingerprint density at radius 3 is 2.05 bits per heavy atom. The van der Waals surface area contributed by atoms with Gasteiger partial charge in [0.05, 0.1) is 51.7 Å². The molecule has 1 aliphatic heterocycles. The third-order valence-corrected chi connectivity index (χ3v) is 7.91. The highest BCUT2D eigenvalue weighted by Gasteiger charge is 2.38. The van der Waals surface area contributed by atoms with E-state index in [2.05, 4.69) is 0 Å². The van der Waals surface area contributed by atoms with Crippen LogP contribution in [0.5, 0.6) is 23.0 Å². The van der Waals surface area contributed by atoms with E-state index < -0.39 is 23.1 Å². The summed E-state index contributed by atoms with van der Waals surface area (Å²) in [5, 5.41) is -0.576. The zero-order valence-corrected chi connectivity index (χ0v) is 26.7. The normalized spacial score (nSPS) is 14.9. The maximum absolute atomic E-state index is 14.2. The van der Waals surface area contributed by atoms with Crippen LogP contribution in [0.15, 0.2) is 36.4 Å². The van der Waals surface area contributed by atoms with Crippen LogP contribution in [0.4, 0.5) is 5.69 Å². The highest BCUT2D eigenvalue weighted by Crippen LogP contribution is 2.42. The molecule has 2 aromatic carbocycles. The average Bonchev–Trinajstić information content (AvgIpc) is 3.28. The highest BCUT2D eigenvalue weighted by molar-refractivity contribution is 8.10. The van der Waals surface area contributed by atoms with Gasteiger partial charge in [-0.15, -0.1) is 0 Å². The number of ether oxygens (including phenoxy) is 6. The Bertz CT molecular complexity index is 1730. The summed E-state index contributed by atoms with van der Waals surface area (Å²) in [4.78, 5) is 40.7. The topological polar surface area (TPSA) is 138 Å². The second-order valence-corrected chi connectivity index (χ2v) is 11.4. The standard InChI is InChI=1S/C32H36N2O9S/c1-16(2)42-22-12-10-19(15-23(22)39-6)28-30(35)34-26(29(44-28)32(37)41-8)20(25(33)27(34)31(36)40-7)13-18-9-11-21(38-5)24(14-18)43-17(3)4/h9-17,28H,33H2,1-8H3/b20-13+/t28-/m1/s1. The van der Waals surface area contributed by atoms with Crippen LogP contribution in [0.2, 0.25) is 0 Å². The van der Waals surface area contributed by atoms with E-state index in [1.807, 2.05) is 27.7 Å². The lowest BCUT2D eigenvalue weighted by atomic mass is 10.1. The SMILES string of the molecule is COC(=O)C1=c2/c(=C/c3ccc(OC)c(OC(C)C)c3)c(N)c(C(=O)OC)n2C(=O)[C@@H](c2ccc(OC(C)C)c(OC)c2)S1. The van der Waals surface area contributed by atoms with Gasteiger partial charge in [0.15, 0.2) is 28.7 Å². The third kappa shape index (κ3) is 6.21. The van der Waals surface area contributed by atoms with Gasteiger partial charge in [-0.2, -0.15) is 0 Å². The molecule has 44 heavy (non-hydrogen) atoms. The van der Waals surface area contributed by atoms with E-state index in [-0.39, 0.29) is 39.1 Å². The monoisotopic (exact) mass is 624 g/mol. The number of nitrogens with two attached hydrogens (primary N) is 1. The molecule has 0 aliphatic carbocycles. The molecule has 0 saturated carbocycles. The molecule has 0 unspecified atom stereocenters. The smallest absolute Gasteiger partial charge is 0.357 e. The lowest BCUT2D eigenvalue weighted by molar-refractivity contribution is -0.133. The fourth-order valence-corrected chi connectivity index (χ4v) is 6.00. The fraction of sp³-hybridized carbons (Fsp3) is 0.344. The van der Waals surface area contributed by atoms with E-state index >= 15 is 0 Å². The number of carbonyl (C=O) groups excluding carboxylic acids is 3. The number of carbonyl (C=O) groups is 3. The lowest BCUT2D eigenvalue weighted by Gasteiger charge is -2.24. The molecule has 0 amide bonds. The number of rotatable bonds is 10. The van der Waals surface area contributed by atoms with Crippen molar-refractivity contribution in [1.29, 1.82) is 0 Å². The van der Waals surface area contributed by atoms with E-state index in [9.17, 15) is 14.4 Å². The van der Waals surface area contributed by atoms with Crippen LogP contribution in [0.1, 0.15) is 59.4 Å². The molecule has 1 atom stereocenters. The van der Waals surface area contributed by atoms with Crippen molar-refractivity contribution in [2.24, 2.45) is 0 Å². The first-order chi connectivity index (χ1) is 20.9. The molecule has 4 rings (SSSR count). The van der Waals surface area contributed by atoms with E-state index in [4.69, 9.17) is 34.2 Å². The first-order valence-electron chi connectivity index (χ1n) is 13.8. The van der Waals surface area contributed by atoms with Gasteiger partial charge in [0.25, 0.3) is 0 Å². The van der Waals surface area contributed by atoms with Crippen molar-refractivity contribution in [3.8, 4) is 23.0 Å². The maximum atomic E-state index is 14.2. The number of esters is 2. The number of anilines is 1. The highest BCUT2D eigenvalue weighted by atomic mass is 32.2. The summed E-state index contributed by atoms with van der Waals surface area (Å²) < 4.78 is 34.0. The van der Waals surface area contributed by atoms with Crippen LogP contribution in [-0.2, 0) is 14.3 Å². The van der Waals surface area contributed by atoms with Crippen LogP contribution >= 0.6 is 11.8 Å². The number of thioether (sulfide) groups is 1. The average molecular weight is 625 g/mol. The fourth-order valence-electron chi connectivity index (χ4n) is 4.78. The Kier molecular flexibility index (Phi) is 9.83. The van der Waals surface area contributed by atoms with Gasteiger partial charge in [0, 0.05) is 5.22 Å².